The summed E-state index contributed by atoms with van der Waals surface area (Å²) < 4.78 is 6.37. The molecule has 1 aromatic carbocycles. The Bertz CT molecular complexity index is 507. The second-order valence-corrected chi connectivity index (χ2v) is 5.38. The Kier molecular flexibility index (Phi) is 4.76. The normalized spacial score (nSPS) is 10.9. The summed E-state index contributed by atoms with van der Waals surface area (Å²) in [7, 11) is 0. The average molecular weight is 313 g/mol. The second-order valence-electron chi connectivity index (χ2n) is 3.39. The van der Waals surface area contributed by atoms with Gasteiger partial charge in [0.15, 0.2) is 0 Å². The first-order chi connectivity index (χ1) is 8.31. The Labute approximate surface area is 113 Å². The number of fused-ring (bicyclic) bond motifs is 1. The number of halogens is 1. The van der Waals surface area contributed by atoms with Gasteiger partial charge in [-0.2, -0.15) is 0 Å². The van der Waals surface area contributed by atoms with Crippen LogP contribution < -0.4 is 0 Å². The van der Waals surface area contributed by atoms with Crippen LogP contribution in [0.3, 0.4) is 0 Å². The number of aromatic nitrogens is 2. The zero-order chi connectivity index (χ0) is 12.1. The van der Waals surface area contributed by atoms with Crippen LogP contribution in [0.4, 0.5) is 0 Å². The maximum absolute atomic E-state index is 5.32. The fourth-order valence-corrected chi connectivity index (χ4v) is 2.66. The van der Waals surface area contributed by atoms with Crippen LogP contribution in [0.1, 0.15) is 6.92 Å². The van der Waals surface area contributed by atoms with Crippen LogP contribution in [0.15, 0.2) is 34.0 Å². The van der Waals surface area contributed by atoms with Gasteiger partial charge in [-0.05, 0) is 25.1 Å². The van der Waals surface area contributed by atoms with Gasteiger partial charge in [-0.1, -0.05) is 15.9 Å². The first-order valence-corrected chi connectivity index (χ1v) is 7.20. The summed E-state index contributed by atoms with van der Waals surface area (Å²) in [6.07, 6.45) is 1.61. The van der Waals surface area contributed by atoms with Crippen LogP contribution in [0.2, 0.25) is 0 Å². The van der Waals surface area contributed by atoms with Gasteiger partial charge in [-0.25, -0.2) is 9.97 Å². The van der Waals surface area contributed by atoms with Gasteiger partial charge < -0.3 is 4.74 Å². The average Bonchev–Trinajstić information content (AvgIpc) is 2.35. The van der Waals surface area contributed by atoms with Gasteiger partial charge >= 0.3 is 0 Å². The zero-order valence-electron chi connectivity index (χ0n) is 9.52. The lowest BCUT2D eigenvalue weighted by atomic mass is 10.2. The molecule has 2 rings (SSSR count). The lowest BCUT2D eigenvalue weighted by Gasteiger charge is -2.05. The van der Waals surface area contributed by atoms with Gasteiger partial charge in [0.25, 0.3) is 0 Å². The van der Waals surface area contributed by atoms with E-state index in [0.717, 1.165) is 39.4 Å². The summed E-state index contributed by atoms with van der Waals surface area (Å²) in [6.45, 7) is 3.51. The number of ether oxygens (including phenoxy) is 1. The highest BCUT2D eigenvalue weighted by Crippen LogP contribution is 2.26. The number of nitrogens with zero attached hydrogens (tertiary/aromatic N) is 2. The molecule has 0 radical (unpaired) electrons. The topological polar surface area (TPSA) is 35.0 Å². The Hall–Kier alpha value is -0.650. The number of hydrogen-bond donors (Lipinski definition) is 0. The zero-order valence-corrected chi connectivity index (χ0v) is 11.9. The Balaban J connectivity index is 2.18. The molecule has 0 saturated carbocycles. The van der Waals surface area contributed by atoms with Gasteiger partial charge in [-0.15, -0.1) is 11.8 Å². The van der Waals surface area contributed by atoms with Crippen molar-refractivity contribution < 1.29 is 4.74 Å². The van der Waals surface area contributed by atoms with Crippen LogP contribution in [-0.2, 0) is 4.74 Å². The number of thioether (sulfide) groups is 1. The molecule has 17 heavy (non-hydrogen) atoms. The van der Waals surface area contributed by atoms with E-state index in [9.17, 15) is 0 Å². The van der Waals surface area contributed by atoms with Crippen molar-refractivity contribution in [3.63, 3.8) is 0 Å². The molecule has 0 spiro atoms. The molecule has 1 heterocycles. The third-order valence-electron chi connectivity index (χ3n) is 2.23. The lowest BCUT2D eigenvalue weighted by Crippen LogP contribution is -1.97. The van der Waals surface area contributed by atoms with Gasteiger partial charge in [0.1, 0.15) is 11.4 Å². The van der Waals surface area contributed by atoms with E-state index in [2.05, 4.69) is 32.0 Å². The van der Waals surface area contributed by atoms with Crippen LogP contribution in [-0.4, -0.2) is 28.9 Å². The van der Waals surface area contributed by atoms with Crippen LogP contribution in [0.5, 0.6) is 0 Å². The molecule has 1 aromatic heterocycles. The largest absolute Gasteiger partial charge is 0.381 e. The lowest BCUT2D eigenvalue weighted by molar-refractivity contribution is 0.164. The number of benzene rings is 1. The molecule has 0 atom stereocenters. The fourth-order valence-electron chi connectivity index (χ4n) is 1.46. The van der Waals surface area contributed by atoms with E-state index in [1.54, 1.807) is 18.1 Å². The smallest absolute Gasteiger partial charge is 0.117 e. The highest BCUT2D eigenvalue weighted by molar-refractivity contribution is 9.10. The van der Waals surface area contributed by atoms with E-state index in [0.29, 0.717) is 0 Å². The molecule has 0 fully saturated rings. The maximum atomic E-state index is 5.32. The SMILES string of the molecule is CCOCCSc1ncnc2ccc(Br)cc12. The Morgan fingerprint density at radius 3 is 3.06 bits per heavy atom. The molecule has 0 unspecified atom stereocenters. The summed E-state index contributed by atoms with van der Waals surface area (Å²) in [6, 6.07) is 6.04. The van der Waals surface area contributed by atoms with Gasteiger partial charge in [0, 0.05) is 22.2 Å². The summed E-state index contributed by atoms with van der Waals surface area (Å²) in [5.41, 5.74) is 0.974. The minimum atomic E-state index is 0.751. The van der Waals surface area contributed by atoms with E-state index >= 15 is 0 Å². The van der Waals surface area contributed by atoms with Crippen LogP contribution >= 0.6 is 27.7 Å². The van der Waals surface area contributed by atoms with Crippen molar-refractivity contribution in [3.05, 3.63) is 29.0 Å². The number of hydrogen-bond acceptors (Lipinski definition) is 4. The molecular formula is C12H13BrN2OS. The Morgan fingerprint density at radius 2 is 2.24 bits per heavy atom. The first-order valence-electron chi connectivity index (χ1n) is 5.42. The summed E-state index contributed by atoms with van der Waals surface area (Å²) >= 11 is 5.17. The van der Waals surface area contributed by atoms with Gasteiger partial charge in [0.05, 0.1) is 12.1 Å². The summed E-state index contributed by atoms with van der Waals surface area (Å²) in [4.78, 5) is 8.57. The fraction of sp³-hybridized carbons (Fsp3) is 0.333. The van der Waals surface area contributed by atoms with Gasteiger partial charge in [-0.3, -0.25) is 0 Å². The highest BCUT2D eigenvalue weighted by atomic mass is 79.9. The van der Waals surface area contributed by atoms with Crippen molar-refractivity contribution in [2.24, 2.45) is 0 Å². The van der Waals surface area contributed by atoms with Crippen LogP contribution in [0.25, 0.3) is 10.9 Å². The van der Waals surface area contributed by atoms with E-state index in [4.69, 9.17) is 4.74 Å². The molecule has 0 aliphatic heterocycles. The first kappa shape index (κ1) is 12.8. The van der Waals surface area contributed by atoms with Crippen molar-refractivity contribution in [2.75, 3.05) is 19.0 Å². The van der Waals surface area contributed by atoms with E-state index < -0.39 is 0 Å². The molecule has 0 amide bonds. The van der Waals surface area contributed by atoms with Crippen LogP contribution in [0, 0.1) is 0 Å². The quantitative estimate of drug-likeness (QED) is 0.481. The molecular weight excluding hydrogens is 300 g/mol. The molecule has 5 heteroatoms. The predicted octanol–water partition coefficient (Wildman–Crippen LogP) is 3.52. The van der Waals surface area contributed by atoms with E-state index in [1.807, 2.05) is 19.1 Å². The summed E-state index contributed by atoms with van der Waals surface area (Å²) in [5, 5.41) is 2.10. The highest BCUT2D eigenvalue weighted by Gasteiger charge is 2.04. The molecule has 2 aromatic rings. The number of rotatable bonds is 5. The summed E-state index contributed by atoms with van der Waals surface area (Å²) in [5.74, 6) is 0.909. The van der Waals surface area contributed by atoms with E-state index in [-0.39, 0.29) is 0 Å². The van der Waals surface area contributed by atoms with E-state index in [1.165, 1.54) is 0 Å². The standard InChI is InChI=1S/C12H13BrN2OS/c1-2-16-5-6-17-12-10-7-9(13)3-4-11(10)14-8-15-12/h3-4,7-8H,2,5-6H2,1H3. The molecule has 0 N–H and O–H groups in total. The molecule has 0 aliphatic rings. The predicted molar refractivity (Wildman–Crippen MR) is 74.5 cm³/mol. The van der Waals surface area contributed by atoms with Crippen molar-refractivity contribution in [1.82, 2.24) is 9.97 Å². The Morgan fingerprint density at radius 1 is 1.35 bits per heavy atom. The molecule has 0 saturated heterocycles. The minimum absolute atomic E-state index is 0.751. The molecule has 0 bridgehead atoms. The third kappa shape index (κ3) is 3.40. The maximum Gasteiger partial charge on any atom is 0.117 e. The molecule has 3 nitrogen and oxygen atoms in total. The minimum Gasteiger partial charge on any atom is -0.381 e. The molecule has 0 aliphatic carbocycles. The van der Waals surface area contributed by atoms with Crippen molar-refractivity contribution >= 4 is 38.6 Å². The van der Waals surface area contributed by atoms with Crippen molar-refractivity contribution in [3.8, 4) is 0 Å². The third-order valence-corrected chi connectivity index (χ3v) is 3.69. The second kappa shape index (κ2) is 6.33. The monoisotopic (exact) mass is 312 g/mol. The van der Waals surface area contributed by atoms with Gasteiger partial charge in [0.2, 0.25) is 0 Å². The van der Waals surface area contributed by atoms with Crippen molar-refractivity contribution in [1.29, 1.82) is 0 Å². The van der Waals surface area contributed by atoms with Crippen molar-refractivity contribution in [2.45, 2.75) is 11.9 Å². The molecule has 90 valence electrons.